The fourth-order valence-electron chi connectivity index (χ4n) is 1.32. The molecule has 0 aliphatic heterocycles. The van der Waals surface area contributed by atoms with Gasteiger partial charge in [-0.2, -0.15) is 14.7 Å². The van der Waals surface area contributed by atoms with Crippen molar-refractivity contribution >= 4 is 17.2 Å². The molecule has 0 aliphatic rings. The lowest BCUT2D eigenvalue weighted by atomic mass is 10.3. The highest BCUT2D eigenvalue weighted by molar-refractivity contribution is 6.29. The van der Waals surface area contributed by atoms with Gasteiger partial charge in [0, 0.05) is 6.20 Å². The Labute approximate surface area is 88.9 Å². The fraction of sp³-hybridized carbons (Fsp3) is 0. The zero-order valence-electron chi connectivity index (χ0n) is 7.42. The molecule has 7 heteroatoms. The Hall–Kier alpha value is -1.95. The second-order valence-corrected chi connectivity index (χ2v) is 3.32. The van der Waals surface area contributed by atoms with E-state index in [0.29, 0.717) is 16.6 Å². The van der Waals surface area contributed by atoms with Gasteiger partial charge in [0.05, 0.1) is 11.8 Å². The summed E-state index contributed by atoms with van der Waals surface area (Å²) in [5.41, 5.74) is 1.47. The Balaban J connectivity index is 2.32. The van der Waals surface area contributed by atoms with E-state index in [-0.39, 0.29) is 0 Å². The lowest BCUT2D eigenvalue weighted by molar-refractivity contribution is 0.936. The average molecular weight is 221 g/mol. The molecule has 0 saturated carbocycles. The molecule has 74 valence electrons. The first kappa shape index (κ1) is 8.37. The molecular weight excluding hydrogens is 216 g/mol. The van der Waals surface area contributed by atoms with Gasteiger partial charge >= 0.3 is 0 Å². The predicted molar refractivity (Wildman–Crippen MR) is 53.4 cm³/mol. The highest BCUT2D eigenvalue weighted by Gasteiger charge is 2.09. The Morgan fingerprint density at radius 2 is 2.20 bits per heavy atom. The molecule has 0 amide bonds. The quantitative estimate of drug-likeness (QED) is 0.668. The zero-order valence-corrected chi connectivity index (χ0v) is 8.18. The number of hydrogen-bond donors (Lipinski definition) is 1. The van der Waals surface area contributed by atoms with Gasteiger partial charge in [0.15, 0.2) is 11.5 Å². The first-order valence-electron chi connectivity index (χ1n) is 4.22. The Morgan fingerprint density at radius 3 is 3.00 bits per heavy atom. The summed E-state index contributed by atoms with van der Waals surface area (Å²) in [6.07, 6.45) is 3.37. The molecule has 0 atom stereocenters. The predicted octanol–water partition coefficient (Wildman–Crippen LogP) is 1.17. The first-order valence-corrected chi connectivity index (χ1v) is 4.59. The Kier molecular flexibility index (Phi) is 1.69. The van der Waals surface area contributed by atoms with Crippen molar-refractivity contribution in [1.82, 2.24) is 30.0 Å². The maximum atomic E-state index is 5.80. The van der Waals surface area contributed by atoms with Crippen molar-refractivity contribution in [1.29, 1.82) is 0 Å². The minimum Gasteiger partial charge on any atom is -0.285 e. The zero-order chi connectivity index (χ0) is 10.3. The van der Waals surface area contributed by atoms with Crippen LogP contribution in [0.1, 0.15) is 0 Å². The van der Waals surface area contributed by atoms with Gasteiger partial charge in [-0.15, -0.1) is 10.2 Å². The van der Waals surface area contributed by atoms with Gasteiger partial charge in [-0.1, -0.05) is 11.6 Å². The van der Waals surface area contributed by atoms with Crippen LogP contribution in [0.2, 0.25) is 5.15 Å². The van der Waals surface area contributed by atoms with Crippen LogP contribution in [0.15, 0.2) is 24.5 Å². The van der Waals surface area contributed by atoms with E-state index in [0.717, 1.165) is 5.56 Å². The molecule has 0 fully saturated rings. The van der Waals surface area contributed by atoms with Crippen molar-refractivity contribution in [2.24, 2.45) is 0 Å². The molecule has 3 aromatic heterocycles. The number of fused-ring (bicyclic) bond motifs is 1. The summed E-state index contributed by atoms with van der Waals surface area (Å²) in [6, 6.07) is 3.43. The van der Waals surface area contributed by atoms with Gasteiger partial charge < -0.3 is 0 Å². The largest absolute Gasteiger partial charge is 0.285 e. The number of halogens is 1. The molecule has 6 nitrogen and oxygen atoms in total. The maximum Gasteiger partial charge on any atom is 0.188 e. The SMILES string of the molecule is Clc1ccc2nnc(-c3cn[nH]c3)n2n1. The summed E-state index contributed by atoms with van der Waals surface area (Å²) < 4.78 is 1.58. The molecule has 0 unspecified atom stereocenters. The lowest BCUT2D eigenvalue weighted by Crippen LogP contribution is -1.93. The smallest absolute Gasteiger partial charge is 0.188 e. The number of aromatic nitrogens is 6. The summed E-state index contributed by atoms with van der Waals surface area (Å²) in [6.45, 7) is 0. The second kappa shape index (κ2) is 3.03. The van der Waals surface area contributed by atoms with Crippen LogP contribution in [-0.2, 0) is 0 Å². The van der Waals surface area contributed by atoms with Crippen molar-refractivity contribution in [3.05, 3.63) is 29.7 Å². The maximum absolute atomic E-state index is 5.80. The topological polar surface area (TPSA) is 71.8 Å². The van der Waals surface area contributed by atoms with Crippen LogP contribution < -0.4 is 0 Å². The van der Waals surface area contributed by atoms with Gasteiger partial charge in [0.25, 0.3) is 0 Å². The molecule has 3 aromatic rings. The van der Waals surface area contributed by atoms with Crippen molar-refractivity contribution < 1.29 is 0 Å². The van der Waals surface area contributed by atoms with E-state index in [1.807, 2.05) is 0 Å². The number of hydrogen-bond acceptors (Lipinski definition) is 4. The number of aromatic amines is 1. The van der Waals surface area contributed by atoms with E-state index >= 15 is 0 Å². The molecular formula is C8H5ClN6. The van der Waals surface area contributed by atoms with Gasteiger partial charge in [-0.05, 0) is 12.1 Å². The normalized spacial score (nSPS) is 11.0. The molecule has 0 aliphatic carbocycles. The minimum absolute atomic E-state index is 0.395. The molecule has 15 heavy (non-hydrogen) atoms. The van der Waals surface area contributed by atoms with Crippen molar-refractivity contribution in [3.8, 4) is 11.4 Å². The number of nitrogens with one attached hydrogen (secondary N) is 1. The average Bonchev–Trinajstić information content (AvgIpc) is 2.83. The summed E-state index contributed by atoms with van der Waals surface area (Å²) in [4.78, 5) is 0. The van der Waals surface area contributed by atoms with E-state index in [2.05, 4.69) is 25.5 Å². The summed E-state index contributed by atoms with van der Waals surface area (Å²) in [5, 5.41) is 19.0. The van der Waals surface area contributed by atoms with Gasteiger partial charge in [-0.3, -0.25) is 5.10 Å². The van der Waals surface area contributed by atoms with Crippen LogP contribution in [0.3, 0.4) is 0 Å². The summed E-state index contributed by atoms with van der Waals surface area (Å²) in [5.74, 6) is 0.612. The molecule has 0 bridgehead atoms. The van der Waals surface area contributed by atoms with E-state index in [4.69, 9.17) is 11.6 Å². The highest BCUT2D eigenvalue weighted by Crippen LogP contribution is 2.16. The Morgan fingerprint density at radius 1 is 1.27 bits per heavy atom. The first-order chi connectivity index (χ1) is 7.34. The van der Waals surface area contributed by atoms with Crippen LogP contribution in [0.5, 0.6) is 0 Å². The highest BCUT2D eigenvalue weighted by atomic mass is 35.5. The van der Waals surface area contributed by atoms with Gasteiger partial charge in [0.2, 0.25) is 0 Å². The third-order valence-electron chi connectivity index (χ3n) is 1.99. The third kappa shape index (κ3) is 1.26. The van der Waals surface area contributed by atoms with Crippen LogP contribution in [0.25, 0.3) is 17.0 Å². The van der Waals surface area contributed by atoms with Crippen molar-refractivity contribution in [2.75, 3.05) is 0 Å². The minimum atomic E-state index is 0.395. The second-order valence-electron chi connectivity index (χ2n) is 2.94. The third-order valence-corrected chi connectivity index (χ3v) is 2.19. The molecule has 3 rings (SSSR count). The van der Waals surface area contributed by atoms with Gasteiger partial charge in [0.1, 0.15) is 5.15 Å². The molecule has 0 radical (unpaired) electrons. The Bertz CT molecular complexity index is 599. The molecule has 0 spiro atoms. The van der Waals surface area contributed by atoms with E-state index in [9.17, 15) is 0 Å². The molecule has 0 aromatic carbocycles. The number of H-pyrrole nitrogens is 1. The van der Waals surface area contributed by atoms with Crippen molar-refractivity contribution in [2.45, 2.75) is 0 Å². The molecule has 1 N–H and O–H groups in total. The van der Waals surface area contributed by atoms with E-state index in [1.54, 1.807) is 29.0 Å². The van der Waals surface area contributed by atoms with E-state index in [1.165, 1.54) is 0 Å². The summed E-state index contributed by atoms with van der Waals surface area (Å²) in [7, 11) is 0. The van der Waals surface area contributed by atoms with Crippen molar-refractivity contribution in [3.63, 3.8) is 0 Å². The van der Waals surface area contributed by atoms with Crippen LogP contribution >= 0.6 is 11.6 Å². The number of rotatable bonds is 1. The lowest BCUT2D eigenvalue weighted by Gasteiger charge is -1.94. The summed E-state index contributed by atoms with van der Waals surface area (Å²) >= 11 is 5.80. The molecule has 3 heterocycles. The molecule has 0 saturated heterocycles. The van der Waals surface area contributed by atoms with Crippen LogP contribution in [-0.4, -0.2) is 30.0 Å². The van der Waals surface area contributed by atoms with Gasteiger partial charge in [-0.25, -0.2) is 0 Å². The fourth-order valence-corrected chi connectivity index (χ4v) is 1.46. The standard InChI is InChI=1S/C8H5ClN6/c9-6-1-2-7-12-13-8(15(7)14-6)5-3-10-11-4-5/h1-4H,(H,10,11). The monoisotopic (exact) mass is 220 g/mol. The number of nitrogens with zero attached hydrogens (tertiary/aromatic N) is 5. The van der Waals surface area contributed by atoms with Crippen LogP contribution in [0, 0.1) is 0 Å². The van der Waals surface area contributed by atoms with E-state index < -0.39 is 0 Å². The van der Waals surface area contributed by atoms with Crippen LogP contribution in [0.4, 0.5) is 0 Å².